The number of hydrazine groups is 1. The van der Waals surface area contributed by atoms with Crippen LogP contribution in [0.15, 0.2) is 40.9 Å². The molecule has 0 atom stereocenters. The van der Waals surface area contributed by atoms with Crippen molar-refractivity contribution in [3.05, 3.63) is 57.0 Å². The van der Waals surface area contributed by atoms with E-state index >= 15 is 0 Å². The van der Waals surface area contributed by atoms with Crippen molar-refractivity contribution in [1.82, 2.24) is 0 Å². The van der Waals surface area contributed by atoms with Crippen LogP contribution in [-0.2, 0) is 0 Å². The van der Waals surface area contributed by atoms with Crippen molar-refractivity contribution >= 4 is 44.8 Å². The Morgan fingerprint density at radius 2 is 1.95 bits per heavy atom. The molecule has 2 aromatic rings. The molecule has 0 aliphatic carbocycles. The van der Waals surface area contributed by atoms with E-state index in [0.29, 0.717) is 22.0 Å². The zero-order chi connectivity index (χ0) is 14.7. The van der Waals surface area contributed by atoms with E-state index in [-0.39, 0.29) is 5.91 Å². The number of carbonyl (C=O) groups is 1. The van der Waals surface area contributed by atoms with Crippen molar-refractivity contribution < 1.29 is 4.79 Å². The highest BCUT2D eigenvalue weighted by Crippen LogP contribution is 2.27. The summed E-state index contributed by atoms with van der Waals surface area (Å²) >= 11 is 9.29. The van der Waals surface area contributed by atoms with Crippen LogP contribution in [-0.4, -0.2) is 5.91 Å². The van der Waals surface area contributed by atoms with E-state index in [1.807, 2.05) is 19.1 Å². The first-order chi connectivity index (χ1) is 9.51. The number of nitrogens with one attached hydrogen (secondary N) is 2. The second kappa shape index (κ2) is 6.26. The Balaban J connectivity index is 2.30. The van der Waals surface area contributed by atoms with E-state index < -0.39 is 0 Å². The summed E-state index contributed by atoms with van der Waals surface area (Å²) in [6.07, 6.45) is 0. The number of nitrogen functional groups attached to an aromatic ring is 1. The zero-order valence-corrected chi connectivity index (χ0v) is 13.0. The molecule has 0 heterocycles. The van der Waals surface area contributed by atoms with E-state index in [2.05, 4.69) is 26.7 Å². The second-order valence-corrected chi connectivity index (χ2v) is 5.56. The highest BCUT2D eigenvalue weighted by Gasteiger charge is 2.13. The smallest absolute Gasteiger partial charge is 0.257 e. The summed E-state index contributed by atoms with van der Waals surface area (Å²) in [4.78, 5) is 12.3. The van der Waals surface area contributed by atoms with Gasteiger partial charge in [0, 0.05) is 9.50 Å². The summed E-state index contributed by atoms with van der Waals surface area (Å²) in [5, 5.41) is 3.34. The lowest BCUT2D eigenvalue weighted by molar-refractivity contribution is 0.102. The first-order valence-corrected chi connectivity index (χ1v) is 7.02. The van der Waals surface area contributed by atoms with Crippen LogP contribution in [0.5, 0.6) is 0 Å². The van der Waals surface area contributed by atoms with Gasteiger partial charge in [-0.15, -0.1) is 0 Å². The van der Waals surface area contributed by atoms with E-state index in [1.54, 1.807) is 24.3 Å². The summed E-state index contributed by atoms with van der Waals surface area (Å²) in [5.74, 6) is 5.18. The lowest BCUT2D eigenvalue weighted by Crippen LogP contribution is -2.17. The molecule has 0 saturated carbocycles. The lowest BCUT2D eigenvalue weighted by atomic mass is 10.1. The summed E-state index contributed by atoms with van der Waals surface area (Å²) in [5.41, 5.74) is 5.18. The van der Waals surface area contributed by atoms with Crippen LogP contribution in [0.4, 0.5) is 11.4 Å². The van der Waals surface area contributed by atoms with Gasteiger partial charge in [-0.05, 0) is 58.7 Å². The number of nitrogens with two attached hydrogens (primary N) is 1. The molecular weight excluding hydrogens is 342 g/mol. The number of rotatable bonds is 3. The fraction of sp³-hybridized carbons (Fsp3) is 0.0714. The van der Waals surface area contributed by atoms with E-state index in [9.17, 15) is 4.79 Å². The number of aryl methyl sites for hydroxylation is 1. The molecule has 0 bridgehead atoms. The SMILES string of the molecule is Cc1ccc(C(=O)Nc2cc(Cl)ccc2Br)c(NN)c1. The van der Waals surface area contributed by atoms with E-state index in [0.717, 1.165) is 10.0 Å². The highest BCUT2D eigenvalue weighted by molar-refractivity contribution is 9.10. The molecule has 0 saturated heterocycles. The van der Waals surface area contributed by atoms with Gasteiger partial charge in [-0.3, -0.25) is 10.6 Å². The molecule has 20 heavy (non-hydrogen) atoms. The Bertz CT molecular complexity index is 661. The van der Waals surface area contributed by atoms with Gasteiger partial charge in [0.1, 0.15) is 0 Å². The predicted molar refractivity (Wildman–Crippen MR) is 86.1 cm³/mol. The molecule has 4 nitrogen and oxygen atoms in total. The molecule has 1 amide bonds. The van der Waals surface area contributed by atoms with Crippen LogP contribution in [0.1, 0.15) is 15.9 Å². The number of hydrogen-bond donors (Lipinski definition) is 3. The number of hydrogen-bond acceptors (Lipinski definition) is 3. The molecule has 0 fully saturated rings. The predicted octanol–water partition coefficient (Wildman–Crippen LogP) is 3.95. The molecular formula is C14H13BrClN3O. The van der Waals surface area contributed by atoms with Gasteiger partial charge in [-0.2, -0.15) is 0 Å². The van der Waals surface area contributed by atoms with Crippen LogP contribution in [0.25, 0.3) is 0 Å². The highest BCUT2D eigenvalue weighted by atomic mass is 79.9. The molecule has 6 heteroatoms. The molecule has 0 aliphatic heterocycles. The molecule has 104 valence electrons. The quantitative estimate of drug-likeness (QED) is 0.577. The van der Waals surface area contributed by atoms with Gasteiger partial charge in [0.05, 0.1) is 16.9 Å². The van der Waals surface area contributed by atoms with E-state index in [1.165, 1.54) is 0 Å². The van der Waals surface area contributed by atoms with Gasteiger partial charge < -0.3 is 10.7 Å². The zero-order valence-electron chi connectivity index (χ0n) is 10.7. The normalized spacial score (nSPS) is 10.2. The fourth-order valence-corrected chi connectivity index (χ4v) is 2.28. The second-order valence-electron chi connectivity index (χ2n) is 4.27. The van der Waals surface area contributed by atoms with Gasteiger partial charge in [-0.1, -0.05) is 17.7 Å². The first-order valence-electron chi connectivity index (χ1n) is 5.85. The van der Waals surface area contributed by atoms with Crippen molar-refractivity contribution in [2.75, 3.05) is 10.7 Å². The van der Waals surface area contributed by atoms with Gasteiger partial charge in [0.25, 0.3) is 5.91 Å². The number of carbonyl (C=O) groups excluding carboxylic acids is 1. The molecule has 2 rings (SSSR count). The Labute approximate surface area is 130 Å². The lowest BCUT2D eigenvalue weighted by Gasteiger charge is -2.11. The minimum absolute atomic E-state index is 0.263. The maximum atomic E-state index is 12.3. The number of amides is 1. The average molecular weight is 355 g/mol. The summed E-state index contributed by atoms with van der Waals surface area (Å²) in [6.45, 7) is 1.93. The van der Waals surface area contributed by atoms with Gasteiger partial charge in [-0.25, -0.2) is 0 Å². The number of halogens is 2. The maximum Gasteiger partial charge on any atom is 0.257 e. The minimum atomic E-state index is -0.263. The summed E-state index contributed by atoms with van der Waals surface area (Å²) in [6, 6.07) is 10.6. The third-order valence-electron chi connectivity index (χ3n) is 2.75. The molecule has 0 aliphatic rings. The Kier molecular flexibility index (Phi) is 4.65. The van der Waals surface area contributed by atoms with Gasteiger partial charge in [0.2, 0.25) is 0 Å². The monoisotopic (exact) mass is 353 g/mol. The number of benzene rings is 2. The Morgan fingerprint density at radius 1 is 1.20 bits per heavy atom. The van der Waals surface area contributed by atoms with Crippen molar-refractivity contribution in [3.8, 4) is 0 Å². The first kappa shape index (κ1) is 14.8. The Hall–Kier alpha value is -1.56. The maximum absolute atomic E-state index is 12.3. The van der Waals surface area contributed by atoms with Gasteiger partial charge in [0.15, 0.2) is 0 Å². The molecule has 0 unspecified atom stereocenters. The summed E-state index contributed by atoms with van der Waals surface area (Å²) < 4.78 is 0.754. The van der Waals surface area contributed by atoms with Crippen LogP contribution < -0.4 is 16.6 Å². The third kappa shape index (κ3) is 3.30. The molecule has 0 aromatic heterocycles. The average Bonchev–Trinajstić information content (AvgIpc) is 2.42. The van der Waals surface area contributed by atoms with Crippen LogP contribution in [0, 0.1) is 6.92 Å². The van der Waals surface area contributed by atoms with Crippen molar-refractivity contribution in [2.24, 2.45) is 5.84 Å². The topological polar surface area (TPSA) is 67.2 Å². The molecule has 0 radical (unpaired) electrons. The van der Waals surface area contributed by atoms with Crippen LogP contribution in [0.2, 0.25) is 5.02 Å². The van der Waals surface area contributed by atoms with Gasteiger partial charge >= 0.3 is 0 Å². The van der Waals surface area contributed by atoms with Crippen LogP contribution >= 0.6 is 27.5 Å². The van der Waals surface area contributed by atoms with E-state index in [4.69, 9.17) is 17.4 Å². The molecule has 4 N–H and O–H groups in total. The van der Waals surface area contributed by atoms with Crippen molar-refractivity contribution in [2.45, 2.75) is 6.92 Å². The minimum Gasteiger partial charge on any atom is -0.323 e. The largest absolute Gasteiger partial charge is 0.323 e. The molecule has 2 aromatic carbocycles. The third-order valence-corrected chi connectivity index (χ3v) is 3.68. The molecule has 0 spiro atoms. The standard InChI is InChI=1S/C14H13BrClN3O/c1-8-2-4-10(12(6-8)19-17)14(20)18-13-7-9(16)3-5-11(13)15/h2-7,19H,17H2,1H3,(H,18,20). The Morgan fingerprint density at radius 3 is 2.65 bits per heavy atom. The number of anilines is 2. The van der Waals surface area contributed by atoms with Crippen molar-refractivity contribution in [1.29, 1.82) is 0 Å². The van der Waals surface area contributed by atoms with Crippen LogP contribution in [0.3, 0.4) is 0 Å². The van der Waals surface area contributed by atoms with Crippen molar-refractivity contribution in [3.63, 3.8) is 0 Å². The summed E-state index contributed by atoms with van der Waals surface area (Å²) in [7, 11) is 0. The fourth-order valence-electron chi connectivity index (χ4n) is 1.76.